The smallest absolute Gasteiger partial charge is 0.324 e. The van der Waals surface area contributed by atoms with Crippen LogP contribution in [-0.4, -0.2) is 47.6 Å². The molecule has 2 aromatic heterocycles. The Kier molecular flexibility index (Phi) is 6.95. The highest BCUT2D eigenvalue weighted by Crippen LogP contribution is 2.26. The number of rotatable bonds is 8. The highest BCUT2D eigenvalue weighted by molar-refractivity contribution is 7.13. The number of methoxy groups -OCH3 is 1. The van der Waals surface area contributed by atoms with Crippen molar-refractivity contribution in [3.8, 4) is 11.8 Å². The minimum absolute atomic E-state index is 0.189. The van der Waals surface area contributed by atoms with Crippen LogP contribution in [0.15, 0.2) is 35.8 Å². The zero-order valence-corrected chi connectivity index (χ0v) is 18.7. The lowest BCUT2D eigenvalue weighted by Crippen LogP contribution is -2.42. The van der Waals surface area contributed by atoms with E-state index in [1.807, 2.05) is 23.6 Å². The Bertz CT molecular complexity index is 1150. The SMILES string of the molecule is COc1ccc2ncc(C#N)c(CCN3CCC(NCc4csc([N+](=O)[O-])c4)CC3)c2c1. The Morgan fingerprint density at radius 3 is 2.88 bits per heavy atom. The lowest BCUT2D eigenvalue weighted by molar-refractivity contribution is -0.380. The summed E-state index contributed by atoms with van der Waals surface area (Å²) in [5.41, 5.74) is 3.48. The maximum absolute atomic E-state index is 10.8. The number of ether oxygens (including phenoxy) is 1. The monoisotopic (exact) mass is 451 g/mol. The molecular formula is C23H25N5O3S. The lowest BCUT2D eigenvalue weighted by atomic mass is 9.99. The van der Waals surface area contributed by atoms with Crippen molar-refractivity contribution in [1.29, 1.82) is 5.26 Å². The number of likely N-dealkylation sites (tertiary alicyclic amines) is 1. The zero-order valence-electron chi connectivity index (χ0n) is 17.9. The average molecular weight is 452 g/mol. The number of pyridine rings is 1. The van der Waals surface area contributed by atoms with Gasteiger partial charge >= 0.3 is 5.00 Å². The topological polar surface area (TPSA) is 104 Å². The number of nitrogens with one attached hydrogen (secondary N) is 1. The fourth-order valence-electron chi connectivity index (χ4n) is 4.16. The van der Waals surface area contributed by atoms with E-state index in [4.69, 9.17) is 4.74 Å². The first-order valence-electron chi connectivity index (χ1n) is 10.6. The Morgan fingerprint density at radius 1 is 1.38 bits per heavy atom. The van der Waals surface area contributed by atoms with E-state index in [1.54, 1.807) is 19.4 Å². The zero-order chi connectivity index (χ0) is 22.5. The number of thiophene rings is 1. The Labute approximate surface area is 190 Å². The molecule has 4 rings (SSSR count). The first-order valence-corrected chi connectivity index (χ1v) is 11.5. The van der Waals surface area contributed by atoms with Gasteiger partial charge in [-0.15, -0.1) is 0 Å². The molecule has 8 nitrogen and oxygen atoms in total. The Hall–Kier alpha value is -3.06. The molecule has 0 amide bonds. The molecule has 32 heavy (non-hydrogen) atoms. The number of nitriles is 1. The third kappa shape index (κ3) is 5.05. The standard InChI is InChI=1S/C23H25N5O3S/c1-31-19-2-3-22-21(11-19)20(17(12-24)14-26-22)6-9-27-7-4-18(5-8-27)25-13-16-10-23(28(29)30)32-15-16/h2-3,10-11,14-15,18,25H,4-9,13H2,1H3. The maximum Gasteiger partial charge on any atom is 0.324 e. The molecule has 0 spiro atoms. The number of piperidine rings is 1. The summed E-state index contributed by atoms with van der Waals surface area (Å²) in [6, 6.07) is 10.1. The first kappa shape index (κ1) is 22.1. The van der Waals surface area contributed by atoms with Gasteiger partial charge in [-0.1, -0.05) is 11.3 Å². The summed E-state index contributed by atoms with van der Waals surface area (Å²) in [4.78, 5) is 17.3. The summed E-state index contributed by atoms with van der Waals surface area (Å²) in [6.07, 6.45) is 4.51. The molecule has 0 bridgehead atoms. The molecule has 1 aromatic carbocycles. The van der Waals surface area contributed by atoms with Gasteiger partial charge in [0.25, 0.3) is 0 Å². The summed E-state index contributed by atoms with van der Waals surface area (Å²) < 4.78 is 5.36. The summed E-state index contributed by atoms with van der Waals surface area (Å²) >= 11 is 1.17. The summed E-state index contributed by atoms with van der Waals surface area (Å²) in [5.74, 6) is 0.762. The average Bonchev–Trinajstić information content (AvgIpc) is 3.31. The number of nitrogens with zero attached hydrogens (tertiary/aromatic N) is 4. The summed E-state index contributed by atoms with van der Waals surface area (Å²) in [6.45, 7) is 3.51. The number of benzene rings is 1. The second-order valence-corrected chi connectivity index (χ2v) is 8.83. The van der Waals surface area contributed by atoms with Gasteiger partial charge in [-0.3, -0.25) is 15.1 Å². The molecule has 1 fully saturated rings. The molecule has 0 radical (unpaired) electrons. The molecule has 0 atom stereocenters. The van der Waals surface area contributed by atoms with Gasteiger partial charge < -0.3 is 15.0 Å². The molecule has 0 unspecified atom stereocenters. The van der Waals surface area contributed by atoms with E-state index < -0.39 is 0 Å². The van der Waals surface area contributed by atoms with Crippen molar-refractivity contribution < 1.29 is 9.66 Å². The number of aromatic nitrogens is 1. The predicted molar refractivity (Wildman–Crippen MR) is 124 cm³/mol. The third-order valence-electron chi connectivity index (χ3n) is 5.99. The van der Waals surface area contributed by atoms with Crippen LogP contribution in [0, 0.1) is 21.4 Å². The van der Waals surface area contributed by atoms with E-state index in [0.717, 1.165) is 66.7 Å². The van der Waals surface area contributed by atoms with Gasteiger partial charge in [0.15, 0.2) is 0 Å². The van der Waals surface area contributed by atoms with Crippen LogP contribution in [0.4, 0.5) is 5.00 Å². The van der Waals surface area contributed by atoms with Gasteiger partial charge in [0.05, 0.1) is 23.1 Å². The third-order valence-corrected chi connectivity index (χ3v) is 6.92. The van der Waals surface area contributed by atoms with Crippen LogP contribution < -0.4 is 10.1 Å². The van der Waals surface area contributed by atoms with Gasteiger partial charge in [-0.25, -0.2) is 0 Å². The lowest BCUT2D eigenvalue weighted by Gasteiger charge is -2.32. The van der Waals surface area contributed by atoms with E-state index in [0.29, 0.717) is 18.2 Å². The van der Waals surface area contributed by atoms with Crippen LogP contribution in [0.1, 0.15) is 29.5 Å². The fourth-order valence-corrected chi connectivity index (χ4v) is 4.89. The van der Waals surface area contributed by atoms with Crippen molar-refractivity contribution in [3.05, 3.63) is 62.6 Å². The second-order valence-electron chi connectivity index (χ2n) is 7.94. The van der Waals surface area contributed by atoms with Crippen LogP contribution in [0.5, 0.6) is 5.75 Å². The van der Waals surface area contributed by atoms with E-state index in [2.05, 4.69) is 21.3 Å². The van der Waals surface area contributed by atoms with Crippen molar-refractivity contribution in [2.24, 2.45) is 0 Å². The fraction of sp³-hybridized carbons (Fsp3) is 0.391. The quantitative estimate of drug-likeness (QED) is 0.409. The van der Waals surface area contributed by atoms with Gasteiger partial charge in [0.1, 0.15) is 11.8 Å². The van der Waals surface area contributed by atoms with Gasteiger partial charge in [-0.2, -0.15) is 5.26 Å². The highest BCUT2D eigenvalue weighted by Gasteiger charge is 2.20. The molecule has 3 heterocycles. The van der Waals surface area contributed by atoms with Gasteiger partial charge in [-0.05, 0) is 61.7 Å². The summed E-state index contributed by atoms with van der Waals surface area (Å²) in [7, 11) is 1.64. The van der Waals surface area contributed by atoms with Crippen molar-refractivity contribution in [2.75, 3.05) is 26.7 Å². The van der Waals surface area contributed by atoms with E-state index in [-0.39, 0.29) is 9.92 Å². The van der Waals surface area contributed by atoms with Crippen LogP contribution >= 0.6 is 11.3 Å². The molecule has 9 heteroatoms. The maximum atomic E-state index is 10.8. The first-order chi connectivity index (χ1) is 15.6. The normalized spacial score (nSPS) is 15.0. The second kappa shape index (κ2) is 10.0. The molecule has 0 saturated carbocycles. The van der Waals surface area contributed by atoms with E-state index >= 15 is 0 Å². The number of nitro groups is 1. The Morgan fingerprint density at radius 2 is 2.19 bits per heavy atom. The van der Waals surface area contributed by atoms with Gasteiger partial charge in [0, 0.05) is 42.2 Å². The Balaban J connectivity index is 1.32. The van der Waals surface area contributed by atoms with Crippen LogP contribution in [-0.2, 0) is 13.0 Å². The van der Waals surface area contributed by atoms with E-state index in [9.17, 15) is 15.4 Å². The molecule has 3 aromatic rings. The molecule has 1 aliphatic heterocycles. The number of fused-ring (bicyclic) bond motifs is 1. The molecule has 1 N–H and O–H groups in total. The highest BCUT2D eigenvalue weighted by atomic mass is 32.1. The minimum atomic E-state index is -0.341. The van der Waals surface area contributed by atoms with E-state index in [1.165, 1.54) is 11.3 Å². The molecule has 1 aliphatic rings. The molecule has 0 aliphatic carbocycles. The van der Waals surface area contributed by atoms with Crippen molar-refractivity contribution in [2.45, 2.75) is 31.8 Å². The van der Waals surface area contributed by atoms with Crippen LogP contribution in [0.25, 0.3) is 10.9 Å². The van der Waals surface area contributed by atoms with Crippen molar-refractivity contribution in [1.82, 2.24) is 15.2 Å². The minimum Gasteiger partial charge on any atom is -0.497 e. The number of hydrogen-bond donors (Lipinski definition) is 1. The van der Waals surface area contributed by atoms with Crippen LogP contribution in [0.3, 0.4) is 0 Å². The van der Waals surface area contributed by atoms with Crippen molar-refractivity contribution >= 4 is 27.2 Å². The molecular weight excluding hydrogens is 426 g/mol. The molecule has 1 saturated heterocycles. The largest absolute Gasteiger partial charge is 0.497 e. The molecule has 166 valence electrons. The summed E-state index contributed by atoms with van der Waals surface area (Å²) in [5, 5.41) is 27.0. The van der Waals surface area contributed by atoms with Crippen LogP contribution in [0.2, 0.25) is 0 Å². The van der Waals surface area contributed by atoms with Gasteiger partial charge in [0.2, 0.25) is 0 Å². The predicted octanol–water partition coefficient (Wildman–Crippen LogP) is 3.88. The number of hydrogen-bond acceptors (Lipinski definition) is 8. The van der Waals surface area contributed by atoms with Crippen molar-refractivity contribution in [3.63, 3.8) is 0 Å².